The summed E-state index contributed by atoms with van der Waals surface area (Å²) in [6, 6.07) is 0.653. The molecule has 1 aliphatic carbocycles. The fraction of sp³-hybridized carbons (Fsp3) is 0.583. The lowest BCUT2D eigenvalue weighted by Gasteiger charge is -2.45. The lowest BCUT2D eigenvalue weighted by atomic mass is 9.81. The van der Waals surface area contributed by atoms with Crippen LogP contribution in [0.15, 0.2) is 24.8 Å². The van der Waals surface area contributed by atoms with E-state index in [1.165, 1.54) is 25.7 Å². The fourth-order valence-corrected chi connectivity index (χ4v) is 3.53. The van der Waals surface area contributed by atoms with Gasteiger partial charge in [0.25, 0.3) is 0 Å². The molecule has 0 saturated heterocycles. The van der Waals surface area contributed by atoms with Crippen molar-refractivity contribution < 1.29 is 0 Å². The average molecular weight is 216 g/mol. The second-order valence-electron chi connectivity index (χ2n) is 4.98. The summed E-state index contributed by atoms with van der Waals surface area (Å²) in [5.74, 6) is 1.83. The van der Waals surface area contributed by atoms with Crippen LogP contribution in [-0.4, -0.2) is 15.7 Å². The molecule has 1 fully saturated rings. The van der Waals surface area contributed by atoms with Crippen LogP contribution >= 0.6 is 0 Å². The molecule has 4 nitrogen and oxygen atoms in total. The first kappa shape index (κ1) is 8.67. The maximum absolute atomic E-state index is 4.49. The van der Waals surface area contributed by atoms with E-state index in [2.05, 4.69) is 38.4 Å². The van der Waals surface area contributed by atoms with E-state index < -0.39 is 0 Å². The Kier molecular flexibility index (Phi) is 1.64. The van der Waals surface area contributed by atoms with Gasteiger partial charge in [0.1, 0.15) is 6.17 Å². The van der Waals surface area contributed by atoms with Crippen LogP contribution < -0.4 is 10.2 Å². The Balaban J connectivity index is 1.84. The van der Waals surface area contributed by atoms with Crippen molar-refractivity contribution in [3.63, 3.8) is 0 Å². The lowest BCUT2D eigenvalue weighted by molar-refractivity contribution is 0.178. The van der Waals surface area contributed by atoms with Crippen molar-refractivity contribution in [2.75, 3.05) is 4.90 Å². The van der Waals surface area contributed by atoms with E-state index in [1.54, 1.807) is 0 Å². The van der Waals surface area contributed by atoms with Gasteiger partial charge in [-0.2, -0.15) is 0 Å². The van der Waals surface area contributed by atoms with Crippen LogP contribution in [0.5, 0.6) is 0 Å². The number of aromatic nitrogens is 2. The van der Waals surface area contributed by atoms with Crippen LogP contribution in [0, 0.1) is 5.92 Å². The van der Waals surface area contributed by atoms with Crippen LogP contribution in [0.2, 0.25) is 0 Å². The molecule has 2 aliphatic heterocycles. The summed E-state index contributed by atoms with van der Waals surface area (Å²) < 4.78 is 2.37. The lowest BCUT2D eigenvalue weighted by Crippen LogP contribution is -2.51. The first-order valence-corrected chi connectivity index (χ1v) is 6.19. The van der Waals surface area contributed by atoms with Crippen molar-refractivity contribution in [1.29, 1.82) is 0 Å². The summed E-state index contributed by atoms with van der Waals surface area (Å²) in [7, 11) is 0. The van der Waals surface area contributed by atoms with Gasteiger partial charge >= 0.3 is 0 Å². The highest BCUT2D eigenvalue weighted by Gasteiger charge is 2.43. The first-order chi connectivity index (χ1) is 7.95. The molecule has 0 amide bonds. The van der Waals surface area contributed by atoms with E-state index in [0.717, 1.165) is 11.9 Å². The first-order valence-electron chi connectivity index (χ1n) is 6.19. The van der Waals surface area contributed by atoms with Gasteiger partial charge in [0.2, 0.25) is 5.95 Å². The molecule has 1 aromatic rings. The fourth-order valence-electron chi connectivity index (χ4n) is 3.53. The van der Waals surface area contributed by atoms with Gasteiger partial charge in [-0.3, -0.25) is 4.90 Å². The van der Waals surface area contributed by atoms with E-state index in [4.69, 9.17) is 0 Å². The normalized spacial score (nSPS) is 35.2. The van der Waals surface area contributed by atoms with Crippen molar-refractivity contribution >= 4 is 5.95 Å². The Hall–Kier alpha value is -1.45. The quantitative estimate of drug-likeness (QED) is 0.718. The van der Waals surface area contributed by atoms with Gasteiger partial charge in [-0.05, 0) is 12.8 Å². The number of nitrogens with one attached hydrogen (secondary N) is 1. The smallest absolute Gasteiger partial charge is 0.211 e. The second kappa shape index (κ2) is 3.03. The Morgan fingerprint density at radius 1 is 1.31 bits per heavy atom. The minimum atomic E-state index is 0.445. The Bertz CT molecular complexity index is 436. The molecular formula is C12H16N4. The molecule has 1 aromatic heterocycles. The Labute approximate surface area is 95.0 Å². The summed E-state index contributed by atoms with van der Waals surface area (Å²) in [4.78, 5) is 6.77. The molecule has 3 atom stereocenters. The zero-order valence-electron chi connectivity index (χ0n) is 9.21. The van der Waals surface area contributed by atoms with Crippen molar-refractivity contribution in [3.05, 3.63) is 24.8 Å². The van der Waals surface area contributed by atoms with Gasteiger partial charge < -0.3 is 9.88 Å². The molecule has 3 aliphatic rings. The summed E-state index contributed by atoms with van der Waals surface area (Å²) in [5.41, 5.74) is 0. The van der Waals surface area contributed by atoms with Crippen molar-refractivity contribution in [2.45, 2.75) is 37.9 Å². The van der Waals surface area contributed by atoms with Crippen LogP contribution in [0.3, 0.4) is 0 Å². The molecule has 1 N–H and O–H groups in total. The van der Waals surface area contributed by atoms with Crippen molar-refractivity contribution in [3.8, 4) is 0 Å². The maximum Gasteiger partial charge on any atom is 0.211 e. The number of hydrogen-bond acceptors (Lipinski definition) is 3. The summed E-state index contributed by atoms with van der Waals surface area (Å²) in [6.07, 6.45) is 14.1. The molecule has 0 radical (unpaired) electrons. The molecule has 4 heteroatoms. The summed E-state index contributed by atoms with van der Waals surface area (Å²) in [6.45, 7) is 0. The monoisotopic (exact) mass is 216 g/mol. The van der Waals surface area contributed by atoms with Gasteiger partial charge in [-0.25, -0.2) is 4.98 Å². The van der Waals surface area contributed by atoms with E-state index in [-0.39, 0.29) is 0 Å². The number of rotatable bonds is 0. The highest BCUT2D eigenvalue weighted by Crippen LogP contribution is 2.44. The van der Waals surface area contributed by atoms with Gasteiger partial charge in [0.05, 0.1) is 0 Å². The number of imidazole rings is 1. The SMILES string of the molecule is C1=CN2c3nccn3C3CCCCC3C2N1. The molecule has 4 rings (SSSR count). The molecule has 84 valence electrons. The van der Waals surface area contributed by atoms with E-state index in [1.807, 2.05) is 6.20 Å². The van der Waals surface area contributed by atoms with Gasteiger partial charge in [0, 0.05) is 36.8 Å². The third kappa shape index (κ3) is 0.970. The van der Waals surface area contributed by atoms with E-state index >= 15 is 0 Å². The van der Waals surface area contributed by atoms with Crippen LogP contribution in [-0.2, 0) is 0 Å². The third-order valence-corrected chi connectivity index (χ3v) is 4.23. The van der Waals surface area contributed by atoms with Crippen molar-refractivity contribution in [1.82, 2.24) is 14.9 Å². The van der Waals surface area contributed by atoms with Crippen LogP contribution in [0.25, 0.3) is 0 Å². The zero-order chi connectivity index (χ0) is 10.5. The molecule has 16 heavy (non-hydrogen) atoms. The van der Waals surface area contributed by atoms with E-state index in [9.17, 15) is 0 Å². The molecule has 0 aromatic carbocycles. The molecular weight excluding hydrogens is 200 g/mol. The van der Waals surface area contributed by atoms with Crippen LogP contribution in [0.4, 0.5) is 5.95 Å². The number of fused-ring (bicyclic) bond motifs is 6. The topological polar surface area (TPSA) is 33.1 Å². The predicted octanol–water partition coefficient (Wildman–Crippen LogP) is 1.83. The number of anilines is 1. The average Bonchev–Trinajstić information content (AvgIpc) is 2.98. The molecule has 0 spiro atoms. The second-order valence-corrected chi connectivity index (χ2v) is 4.98. The van der Waals surface area contributed by atoms with Gasteiger partial charge in [-0.1, -0.05) is 12.8 Å². The van der Waals surface area contributed by atoms with Crippen molar-refractivity contribution in [2.24, 2.45) is 5.92 Å². The minimum Gasteiger partial charge on any atom is -0.369 e. The standard InChI is InChI=1S/C12H16N4/c1-2-4-10-9(3-1)11-13-5-8-16(11)12-14-6-7-15(10)12/h5-11,13H,1-4H2. The van der Waals surface area contributed by atoms with Crippen LogP contribution in [0.1, 0.15) is 31.7 Å². The van der Waals surface area contributed by atoms with Gasteiger partial charge in [-0.15, -0.1) is 0 Å². The minimum absolute atomic E-state index is 0.445. The molecule has 3 unspecified atom stereocenters. The number of nitrogens with zero attached hydrogens (tertiary/aromatic N) is 3. The highest BCUT2D eigenvalue weighted by atomic mass is 15.4. The highest BCUT2D eigenvalue weighted by molar-refractivity contribution is 5.43. The maximum atomic E-state index is 4.49. The third-order valence-electron chi connectivity index (χ3n) is 4.23. The number of hydrogen-bond donors (Lipinski definition) is 1. The van der Waals surface area contributed by atoms with E-state index in [0.29, 0.717) is 12.2 Å². The molecule has 3 heterocycles. The molecule has 0 bridgehead atoms. The Morgan fingerprint density at radius 2 is 2.25 bits per heavy atom. The Morgan fingerprint density at radius 3 is 3.25 bits per heavy atom. The van der Waals surface area contributed by atoms with Gasteiger partial charge in [0.15, 0.2) is 0 Å². The zero-order valence-corrected chi connectivity index (χ0v) is 9.21. The molecule has 1 saturated carbocycles. The predicted molar refractivity (Wildman–Crippen MR) is 61.8 cm³/mol. The summed E-state index contributed by atoms with van der Waals surface area (Å²) in [5, 5.41) is 3.48. The largest absolute Gasteiger partial charge is 0.369 e. The summed E-state index contributed by atoms with van der Waals surface area (Å²) >= 11 is 0.